The summed E-state index contributed by atoms with van der Waals surface area (Å²) in [6.45, 7) is 0. The Kier molecular flexibility index (Phi) is 14.1. The molecule has 0 N–H and O–H groups in total. The van der Waals surface area contributed by atoms with Crippen LogP contribution in [0, 0.1) is 12.3 Å². The Balaban J connectivity index is 1.33. The van der Waals surface area contributed by atoms with Gasteiger partial charge in [0.2, 0.25) is 0 Å². The second-order valence-electron chi connectivity index (χ2n) is 25.8. The summed E-state index contributed by atoms with van der Waals surface area (Å²) in [6.07, 6.45) is 7.97. The second-order valence-corrected chi connectivity index (χ2v) is 25.8. The lowest BCUT2D eigenvalue weighted by Gasteiger charge is -2.36. The van der Waals surface area contributed by atoms with E-state index in [2.05, 4.69) is 233 Å². The van der Waals surface area contributed by atoms with Crippen molar-refractivity contribution in [2.24, 2.45) is 0 Å². The molecule has 1 spiro atoms. The lowest BCUT2D eigenvalue weighted by Crippen LogP contribution is -2.55. The summed E-state index contributed by atoms with van der Waals surface area (Å²) in [5, 5.41) is 8.53. The summed E-state index contributed by atoms with van der Waals surface area (Å²) in [5.41, 5.74) is 55.0. The molecular weight excluding hydrogens is 914 g/mol. The predicted octanol–water partition coefficient (Wildman–Crippen LogP) is -36.5. The van der Waals surface area contributed by atoms with Gasteiger partial charge in [0.1, 0.15) is 228 Å². The van der Waals surface area contributed by atoms with Gasteiger partial charge in [-0.1, -0.05) is 104 Å². The number of benzene rings is 8. The van der Waals surface area contributed by atoms with E-state index in [1.165, 1.54) is 246 Å². The van der Waals surface area contributed by atoms with Gasteiger partial charge in [0.15, 0.2) is 0 Å². The van der Waals surface area contributed by atoms with Crippen LogP contribution in [0.3, 0.4) is 0 Å². The first kappa shape index (κ1) is 57.7. The zero-order valence-electron chi connectivity index (χ0n) is 54.3. The first-order valence-electron chi connectivity index (χ1n) is 29.5. The Morgan fingerprint density at radius 1 is 0.278 bits per heavy atom. The van der Waals surface area contributed by atoms with Gasteiger partial charge in [-0.3, -0.25) is 0 Å². The standard InChI is InChI=1S/C50H61B29/c1-2-4(21(51)22(52)5-3-50(18-6(5)25(55)40(70)47(77)36(18)66)19-14(32(62)45(75)48(78)37(19)67)15-20(50)38(68)49(79)46(76)33(15)63)7-23(53)16(35(65)39(69)26(7)56)17-24(54)8-9(27(57)34(17)64)11-13(31(61)44(74)42(72)29(11)59)12-10(8)28(58)41(71)43(73)30(12)60/h1H,3,51-79H2/b21-4-,22-5-. The molecule has 0 bridgehead atoms. The van der Waals surface area contributed by atoms with E-state index in [0.29, 0.717) is 0 Å². The van der Waals surface area contributed by atoms with E-state index in [0.717, 1.165) is 12.0 Å². The molecule has 0 heterocycles. The molecule has 0 aromatic heterocycles. The van der Waals surface area contributed by atoms with Crippen LogP contribution < -0.4 is 147 Å². The molecule has 0 radical (unpaired) electrons. The maximum atomic E-state index is 7.08. The van der Waals surface area contributed by atoms with Crippen LogP contribution in [0.1, 0.15) is 34.2 Å². The third-order valence-corrected chi connectivity index (χ3v) is 23.4. The highest BCUT2D eigenvalue weighted by molar-refractivity contribution is 6.77. The van der Waals surface area contributed by atoms with Crippen LogP contribution in [0.2, 0.25) is 0 Å². The Morgan fingerprint density at radius 3 is 0.899 bits per heavy atom. The quantitative estimate of drug-likeness (QED) is 0.0940. The first-order valence-corrected chi connectivity index (χ1v) is 29.5. The van der Waals surface area contributed by atoms with Gasteiger partial charge >= 0.3 is 0 Å². The largest absolute Gasteiger partial charge is 0.140 e. The smallest absolute Gasteiger partial charge is 0.115 e. The van der Waals surface area contributed by atoms with Gasteiger partial charge in [0, 0.05) is 11.0 Å². The molecule has 0 fully saturated rings. The lowest BCUT2D eigenvalue weighted by molar-refractivity contribution is 0.695. The van der Waals surface area contributed by atoms with Crippen molar-refractivity contribution >= 4 is 419 Å². The summed E-state index contributed by atoms with van der Waals surface area (Å²) in [5.74, 6) is 3.46. The van der Waals surface area contributed by atoms with Crippen molar-refractivity contribution in [2.45, 2.75) is 11.8 Å². The van der Waals surface area contributed by atoms with Gasteiger partial charge in [0.25, 0.3) is 0 Å². The average Bonchev–Trinajstić information content (AvgIpc) is 3.55. The molecule has 0 saturated carbocycles. The van der Waals surface area contributed by atoms with Crippen LogP contribution >= 0.6 is 0 Å². The first-order chi connectivity index (χ1) is 36.8. The van der Waals surface area contributed by atoms with Crippen molar-refractivity contribution in [2.75, 3.05) is 0 Å². The van der Waals surface area contributed by atoms with E-state index in [-0.39, 0.29) is 5.41 Å². The molecule has 0 nitrogen and oxygen atoms in total. The molecule has 0 unspecified atom stereocenters. The highest BCUT2D eigenvalue weighted by Gasteiger charge is 2.54. The number of allylic oxidation sites excluding steroid dienone is 4. The van der Waals surface area contributed by atoms with Crippen LogP contribution in [-0.4, -0.2) is 228 Å². The molecule has 2 aliphatic carbocycles. The van der Waals surface area contributed by atoms with Crippen molar-refractivity contribution in [3.63, 3.8) is 0 Å². The Labute approximate surface area is 500 Å². The molecular formula is C50H61B29. The van der Waals surface area contributed by atoms with E-state index in [1.807, 2.05) is 0 Å². The summed E-state index contributed by atoms with van der Waals surface area (Å²) in [7, 11) is 69.0. The summed E-state index contributed by atoms with van der Waals surface area (Å²) in [6, 6.07) is 0. The molecule has 79 heavy (non-hydrogen) atoms. The minimum absolute atomic E-state index is 0.359. The third kappa shape index (κ3) is 7.19. The zero-order chi connectivity index (χ0) is 58.5. The van der Waals surface area contributed by atoms with E-state index in [9.17, 15) is 0 Å². The van der Waals surface area contributed by atoms with Crippen LogP contribution in [0.25, 0.3) is 65.7 Å². The van der Waals surface area contributed by atoms with Gasteiger partial charge in [0.05, 0.1) is 0 Å². The van der Waals surface area contributed by atoms with E-state index in [4.69, 9.17) is 6.42 Å². The monoisotopic (exact) mass is 981 g/mol. The maximum Gasteiger partial charge on any atom is 0.140 e. The third-order valence-electron chi connectivity index (χ3n) is 23.4. The van der Waals surface area contributed by atoms with Gasteiger partial charge in [-0.05, 0) is 94.4 Å². The van der Waals surface area contributed by atoms with E-state index in [1.54, 1.807) is 0 Å². The minimum atomic E-state index is -0.359. The van der Waals surface area contributed by atoms with Crippen molar-refractivity contribution in [1.29, 1.82) is 0 Å². The highest BCUT2D eigenvalue weighted by atomic mass is 14.5. The fraction of sp³-hybridized carbons (Fsp3) is 0.0400. The fourth-order valence-corrected chi connectivity index (χ4v) is 16.8. The minimum Gasteiger partial charge on any atom is -0.115 e. The van der Waals surface area contributed by atoms with Crippen LogP contribution in [0.15, 0.2) is 10.9 Å². The van der Waals surface area contributed by atoms with Crippen molar-refractivity contribution in [3.05, 3.63) is 38.8 Å². The molecule has 29 heteroatoms. The number of fused-ring (bicyclic) bond motifs is 13. The molecule has 8 aromatic rings. The number of terminal acetylenes is 1. The lowest BCUT2D eigenvalue weighted by atomic mass is 9.55. The van der Waals surface area contributed by atoms with E-state index >= 15 is 0 Å². The number of hydrogen-bond acceptors (Lipinski definition) is 0. The Hall–Kier alpha value is -4.54. The molecule has 0 atom stereocenters. The summed E-state index contributed by atoms with van der Waals surface area (Å²) in [4.78, 5) is 0. The second kappa shape index (κ2) is 19.3. The fourth-order valence-electron chi connectivity index (χ4n) is 16.8. The molecule has 8 aromatic carbocycles. The van der Waals surface area contributed by atoms with E-state index < -0.39 is 0 Å². The topological polar surface area (TPSA) is 0 Å². The SMILES string of the molecule is BC(/C(B)=C1\CC2(c3c(B)c(B)c(B)c(B)c31)c1c(B)c(B)c(B)c(B)c1-c1c(B)c(B)c(B)c(B)c12)=C(/C#C)c1c(B)c(B)c(B)c(-c2c(B)c(B)c3c4c(B)c(B)c(B)c(B)c4c4c(B)c(B)c(B)c(B)c4c3c2B)c1B. The molecule has 0 amide bonds. The zero-order valence-corrected chi connectivity index (χ0v) is 54.3. The summed E-state index contributed by atoms with van der Waals surface area (Å²) >= 11 is 0. The number of rotatable bonds is 3. The highest BCUT2D eigenvalue weighted by Crippen LogP contribution is 2.58. The van der Waals surface area contributed by atoms with Crippen molar-refractivity contribution < 1.29 is 0 Å². The van der Waals surface area contributed by atoms with Gasteiger partial charge in [-0.15, -0.1) is 66.5 Å². The van der Waals surface area contributed by atoms with Crippen molar-refractivity contribution in [1.82, 2.24) is 0 Å². The molecule has 0 saturated heterocycles. The Morgan fingerprint density at radius 2 is 0.532 bits per heavy atom. The Bertz CT molecular complexity index is 4330. The molecule has 0 aliphatic heterocycles. The number of hydrogen-bond donors (Lipinski definition) is 0. The van der Waals surface area contributed by atoms with Crippen molar-refractivity contribution in [3.8, 4) is 34.6 Å². The summed E-state index contributed by atoms with van der Waals surface area (Å²) < 4.78 is 0. The molecule has 2 aliphatic rings. The van der Waals surface area contributed by atoms with Crippen LogP contribution in [0.4, 0.5) is 0 Å². The maximum absolute atomic E-state index is 7.08. The normalized spacial score (nSPS) is 14.2. The predicted molar refractivity (Wildman–Crippen MR) is 448 cm³/mol. The van der Waals surface area contributed by atoms with Gasteiger partial charge in [-0.2, -0.15) is 0 Å². The van der Waals surface area contributed by atoms with Crippen LogP contribution in [-0.2, 0) is 5.41 Å². The van der Waals surface area contributed by atoms with Gasteiger partial charge in [-0.25, -0.2) is 0 Å². The van der Waals surface area contributed by atoms with Gasteiger partial charge < -0.3 is 0 Å². The molecule has 348 valence electrons. The average molecular weight is 976 g/mol. The van der Waals surface area contributed by atoms with Crippen LogP contribution in [0.5, 0.6) is 0 Å². The molecule has 10 rings (SSSR count).